The van der Waals surface area contributed by atoms with E-state index in [-0.39, 0.29) is 5.75 Å². The van der Waals surface area contributed by atoms with Gasteiger partial charge >= 0.3 is 6.09 Å². The lowest BCUT2D eigenvalue weighted by Gasteiger charge is -2.32. The highest BCUT2D eigenvalue weighted by Gasteiger charge is 2.21. The number of amides is 1. The monoisotopic (exact) mass is 403 g/mol. The average Bonchev–Trinajstić information content (AvgIpc) is 2.73. The third-order valence-electron chi connectivity index (χ3n) is 5.08. The molecular formula is C20H25N3O4S. The molecule has 1 aromatic carbocycles. The van der Waals surface area contributed by atoms with E-state index in [9.17, 15) is 13.2 Å². The number of anilines is 1. The number of sulfone groups is 1. The first kappa shape index (κ1) is 20.1. The first-order valence-electron chi connectivity index (χ1n) is 9.41. The number of carbonyl (C=O) groups is 1. The standard InChI is InChI=1S/C20H25N3O4S/c1-2-28(26,27)17-6-3-5-16(13-17)18-7-4-8-19(22-18)23-11-9-15(10-12-23)14-21-20(24)25/h3-8,13,15,21H,2,9-12,14H2,1H3,(H,24,25). The van der Waals surface area contributed by atoms with E-state index in [1.165, 1.54) is 0 Å². The van der Waals surface area contributed by atoms with Crippen molar-refractivity contribution in [1.82, 2.24) is 10.3 Å². The summed E-state index contributed by atoms with van der Waals surface area (Å²) in [5.74, 6) is 1.26. The lowest BCUT2D eigenvalue weighted by molar-refractivity contribution is 0.191. The zero-order chi connectivity index (χ0) is 20.1. The zero-order valence-electron chi connectivity index (χ0n) is 15.8. The molecule has 8 heteroatoms. The van der Waals surface area contributed by atoms with Gasteiger partial charge in [-0.05, 0) is 43.0 Å². The fourth-order valence-corrected chi connectivity index (χ4v) is 4.30. The number of hydrogen-bond donors (Lipinski definition) is 2. The van der Waals surface area contributed by atoms with E-state index in [2.05, 4.69) is 10.2 Å². The first-order chi connectivity index (χ1) is 13.4. The van der Waals surface area contributed by atoms with Gasteiger partial charge in [-0.15, -0.1) is 0 Å². The van der Waals surface area contributed by atoms with Gasteiger partial charge in [-0.25, -0.2) is 18.2 Å². The number of nitrogens with zero attached hydrogens (tertiary/aromatic N) is 2. The van der Waals surface area contributed by atoms with Crippen LogP contribution < -0.4 is 10.2 Å². The quantitative estimate of drug-likeness (QED) is 0.769. The summed E-state index contributed by atoms with van der Waals surface area (Å²) in [6.07, 6.45) is 0.816. The van der Waals surface area contributed by atoms with Crippen LogP contribution in [-0.2, 0) is 9.84 Å². The molecule has 3 rings (SSSR count). The summed E-state index contributed by atoms with van der Waals surface area (Å²) in [4.78, 5) is 17.9. The molecule has 1 aliphatic rings. The highest BCUT2D eigenvalue weighted by molar-refractivity contribution is 7.91. The van der Waals surface area contributed by atoms with Gasteiger partial charge in [0, 0.05) is 25.2 Å². The molecule has 7 nitrogen and oxygen atoms in total. The number of pyridine rings is 1. The van der Waals surface area contributed by atoms with E-state index in [0.29, 0.717) is 17.4 Å². The topological polar surface area (TPSA) is 99.6 Å². The highest BCUT2D eigenvalue weighted by atomic mass is 32.2. The maximum Gasteiger partial charge on any atom is 0.404 e. The lowest BCUT2D eigenvalue weighted by Crippen LogP contribution is -2.38. The van der Waals surface area contributed by atoms with Gasteiger partial charge in [0.25, 0.3) is 0 Å². The molecule has 2 aromatic rings. The van der Waals surface area contributed by atoms with Crippen molar-refractivity contribution in [3.63, 3.8) is 0 Å². The normalized spacial score (nSPS) is 15.4. The molecule has 28 heavy (non-hydrogen) atoms. The molecule has 2 N–H and O–H groups in total. The number of piperidine rings is 1. The van der Waals surface area contributed by atoms with E-state index >= 15 is 0 Å². The van der Waals surface area contributed by atoms with E-state index < -0.39 is 15.9 Å². The van der Waals surface area contributed by atoms with Crippen LogP contribution in [0.15, 0.2) is 47.4 Å². The van der Waals surface area contributed by atoms with Crippen molar-refractivity contribution in [1.29, 1.82) is 0 Å². The van der Waals surface area contributed by atoms with Crippen LogP contribution in [0.25, 0.3) is 11.3 Å². The predicted octanol–water partition coefficient (Wildman–Crippen LogP) is 3.03. The van der Waals surface area contributed by atoms with Crippen molar-refractivity contribution >= 4 is 21.7 Å². The first-order valence-corrected chi connectivity index (χ1v) is 11.1. The van der Waals surface area contributed by atoms with Gasteiger partial charge in [-0.3, -0.25) is 0 Å². The molecule has 2 heterocycles. The minimum absolute atomic E-state index is 0.0651. The molecule has 1 amide bonds. The van der Waals surface area contributed by atoms with E-state index in [1.807, 2.05) is 24.3 Å². The molecule has 1 aromatic heterocycles. The Morgan fingerprint density at radius 2 is 1.93 bits per heavy atom. The SMILES string of the molecule is CCS(=O)(=O)c1cccc(-c2cccc(N3CCC(CNC(=O)O)CC3)n2)c1. The summed E-state index contributed by atoms with van der Waals surface area (Å²) in [6, 6.07) is 12.7. The molecule has 0 atom stereocenters. The van der Waals surface area contributed by atoms with Gasteiger partial charge in [-0.2, -0.15) is 0 Å². The average molecular weight is 404 g/mol. The van der Waals surface area contributed by atoms with E-state index in [0.717, 1.165) is 43.0 Å². The van der Waals surface area contributed by atoms with Crippen molar-refractivity contribution in [3.8, 4) is 11.3 Å². The Hall–Kier alpha value is -2.61. The maximum absolute atomic E-state index is 12.2. The maximum atomic E-state index is 12.2. The van der Waals surface area contributed by atoms with Crippen LogP contribution in [0.3, 0.4) is 0 Å². The molecule has 0 aliphatic carbocycles. The molecule has 1 fully saturated rings. The molecule has 0 saturated carbocycles. The van der Waals surface area contributed by atoms with Crippen LogP contribution in [-0.4, -0.2) is 50.0 Å². The summed E-state index contributed by atoms with van der Waals surface area (Å²) in [5.41, 5.74) is 1.51. The number of hydrogen-bond acceptors (Lipinski definition) is 5. The van der Waals surface area contributed by atoms with Crippen LogP contribution in [0.1, 0.15) is 19.8 Å². The molecule has 0 unspecified atom stereocenters. The fraction of sp³-hybridized carbons (Fsp3) is 0.400. The molecule has 1 saturated heterocycles. The Labute approximate surface area is 165 Å². The van der Waals surface area contributed by atoms with Crippen molar-refractivity contribution in [2.45, 2.75) is 24.7 Å². The van der Waals surface area contributed by atoms with Crippen LogP contribution in [0.4, 0.5) is 10.6 Å². The Kier molecular flexibility index (Phi) is 6.18. The Morgan fingerprint density at radius 3 is 2.61 bits per heavy atom. The second kappa shape index (κ2) is 8.60. The van der Waals surface area contributed by atoms with Gasteiger partial charge in [0.05, 0.1) is 16.3 Å². The Morgan fingerprint density at radius 1 is 1.21 bits per heavy atom. The van der Waals surface area contributed by atoms with Gasteiger partial charge in [0.15, 0.2) is 9.84 Å². The van der Waals surface area contributed by atoms with Crippen molar-refractivity contribution in [2.24, 2.45) is 5.92 Å². The fourth-order valence-electron chi connectivity index (χ4n) is 3.37. The molecule has 150 valence electrons. The van der Waals surface area contributed by atoms with Crippen molar-refractivity contribution in [3.05, 3.63) is 42.5 Å². The Bertz CT molecular complexity index is 938. The second-order valence-corrected chi connectivity index (χ2v) is 9.21. The van der Waals surface area contributed by atoms with Crippen LogP contribution >= 0.6 is 0 Å². The summed E-state index contributed by atoms with van der Waals surface area (Å²) < 4.78 is 24.3. The number of nitrogens with one attached hydrogen (secondary N) is 1. The zero-order valence-corrected chi connectivity index (χ0v) is 16.7. The van der Waals surface area contributed by atoms with Crippen LogP contribution in [0, 0.1) is 5.92 Å². The van der Waals surface area contributed by atoms with Gasteiger partial charge in [0.2, 0.25) is 0 Å². The van der Waals surface area contributed by atoms with E-state index in [1.54, 1.807) is 25.1 Å². The summed E-state index contributed by atoms with van der Waals surface area (Å²) in [7, 11) is -3.26. The third-order valence-corrected chi connectivity index (χ3v) is 6.82. The molecular weight excluding hydrogens is 378 g/mol. The second-order valence-electron chi connectivity index (χ2n) is 6.93. The molecule has 0 spiro atoms. The molecule has 0 radical (unpaired) electrons. The lowest BCUT2D eigenvalue weighted by atomic mass is 9.97. The number of rotatable bonds is 6. The number of benzene rings is 1. The number of carboxylic acid groups (broad SMARTS) is 1. The smallest absolute Gasteiger partial charge is 0.404 e. The van der Waals surface area contributed by atoms with Crippen LogP contribution in [0.5, 0.6) is 0 Å². The summed E-state index contributed by atoms with van der Waals surface area (Å²) >= 11 is 0. The van der Waals surface area contributed by atoms with Crippen molar-refractivity contribution < 1.29 is 18.3 Å². The molecule has 1 aliphatic heterocycles. The minimum atomic E-state index is -3.26. The van der Waals surface area contributed by atoms with Gasteiger partial charge in [0.1, 0.15) is 5.82 Å². The summed E-state index contributed by atoms with van der Waals surface area (Å²) in [5, 5.41) is 11.2. The van der Waals surface area contributed by atoms with E-state index in [4.69, 9.17) is 10.1 Å². The Balaban J connectivity index is 1.74. The third kappa shape index (κ3) is 4.81. The predicted molar refractivity (Wildman–Crippen MR) is 108 cm³/mol. The highest BCUT2D eigenvalue weighted by Crippen LogP contribution is 2.26. The van der Waals surface area contributed by atoms with Gasteiger partial charge in [-0.1, -0.05) is 25.1 Å². The number of aromatic nitrogens is 1. The van der Waals surface area contributed by atoms with Crippen molar-refractivity contribution in [2.75, 3.05) is 30.3 Å². The largest absolute Gasteiger partial charge is 0.465 e. The van der Waals surface area contributed by atoms with Gasteiger partial charge < -0.3 is 15.3 Å². The summed E-state index contributed by atoms with van der Waals surface area (Å²) in [6.45, 7) is 3.74. The van der Waals surface area contributed by atoms with Crippen LogP contribution in [0.2, 0.25) is 0 Å². The molecule has 0 bridgehead atoms. The minimum Gasteiger partial charge on any atom is -0.465 e.